The smallest absolute Gasteiger partial charge is 0.279 e. The largest absolute Gasteiger partial charge is 0.378 e. The Balaban J connectivity index is 1.47. The van der Waals surface area contributed by atoms with Crippen molar-refractivity contribution in [1.29, 1.82) is 0 Å². The van der Waals surface area contributed by atoms with Crippen molar-refractivity contribution in [3.8, 4) is 5.69 Å². The molecule has 9 nitrogen and oxygen atoms in total. The molecule has 2 aromatic heterocycles. The van der Waals surface area contributed by atoms with E-state index in [-0.39, 0.29) is 11.6 Å². The summed E-state index contributed by atoms with van der Waals surface area (Å²) in [6.45, 7) is 2.84. The molecular formula is C17H17N7O2. The van der Waals surface area contributed by atoms with Crippen molar-refractivity contribution < 1.29 is 9.53 Å². The van der Waals surface area contributed by atoms with E-state index in [1.165, 1.54) is 17.3 Å². The molecule has 1 amide bonds. The number of amides is 1. The Labute approximate surface area is 149 Å². The predicted molar refractivity (Wildman–Crippen MR) is 94.4 cm³/mol. The average Bonchev–Trinajstić information content (AvgIpc) is 3.20. The predicted octanol–water partition coefficient (Wildman–Crippen LogP) is 1.15. The zero-order valence-corrected chi connectivity index (χ0v) is 13.9. The van der Waals surface area contributed by atoms with Crippen LogP contribution >= 0.6 is 0 Å². The lowest BCUT2D eigenvalue weighted by atomic mass is 10.3. The maximum Gasteiger partial charge on any atom is 0.279 e. The highest BCUT2D eigenvalue weighted by atomic mass is 16.5. The van der Waals surface area contributed by atoms with Crippen molar-refractivity contribution in [2.24, 2.45) is 0 Å². The second kappa shape index (κ2) is 7.28. The topological polar surface area (TPSA) is 98.1 Å². The zero-order chi connectivity index (χ0) is 17.8. The van der Waals surface area contributed by atoms with E-state index in [9.17, 15) is 4.79 Å². The number of carbonyl (C=O) groups is 1. The van der Waals surface area contributed by atoms with Gasteiger partial charge in [0.05, 0.1) is 25.1 Å². The second-order valence-corrected chi connectivity index (χ2v) is 5.67. The highest BCUT2D eigenvalue weighted by Crippen LogP contribution is 2.16. The quantitative estimate of drug-likeness (QED) is 0.753. The fourth-order valence-corrected chi connectivity index (χ4v) is 2.61. The summed E-state index contributed by atoms with van der Waals surface area (Å²) in [5, 5.41) is 11.1. The van der Waals surface area contributed by atoms with Crippen molar-refractivity contribution in [3.63, 3.8) is 0 Å². The number of nitrogens with one attached hydrogen (secondary N) is 1. The Morgan fingerprint density at radius 3 is 2.73 bits per heavy atom. The van der Waals surface area contributed by atoms with Gasteiger partial charge in [-0.05, 0) is 12.1 Å². The van der Waals surface area contributed by atoms with Crippen LogP contribution in [-0.2, 0) is 4.74 Å². The molecule has 0 spiro atoms. The first kappa shape index (κ1) is 16.2. The summed E-state index contributed by atoms with van der Waals surface area (Å²) in [7, 11) is 0. The minimum absolute atomic E-state index is 0.209. The Kier molecular flexibility index (Phi) is 4.52. The van der Waals surface area contributed by atoms with Gasteiger partial charge in [0.2, 0.25) is 0 Å². The summed E-state index contributed by atoms with van der Waals surface area (Å²) in [5.74, 6) is 0.797. The molecule has 1 N–H and O–H groups in total. The van der Waals surface area contributed by atoms with E-state index in [2.05, 4.69) is 30.4 Å². The molecule has 9 heteroatoms. The van der Waals surface area contributed by atoms with Crippen molar-refractivity contribution in [2.45, 2.75) is 0 Å². The third-order valence-corrected chi connectivity index (χ3v) is 3.94. The molecule has 26 heavy (non-hydrogen) atoms. The third kappa shape index (κ3) is 3.52. The maximum absolute atomic E-state index is 12.4. The summed E-state index contributed by atoms with van der Waals surface area (Å²) >= 11 is 0. The fourth-order valence-electron chi connectivity index (χ4n) is 2.61. The zero-order valence-electron chi connectivity index (χ0n) is 13.9. The normalized spacial score (nSPS) is 14.2. The van der Waals surface area contributed by atoms with Crippen LogP contribution in [0.15, 0.2) is 48.9 Å². The first-order valence-corrected chi connectivity index (χ1v) is 8.23. The monoisotopic (exact) mass is 351 g/mol. The number of morpholine rings is 1. The van der Waals surface area contributed by atoms with Crippen molar-refractivity contribution >= 4 is 17.5 Å². The molecule has 0 unspecified atom stereocenters. The number of nitrogens with zero attached hydrogens (tertiary/aromatic N) is 6. The molecule has 0 bridgehead atoms. The van der Waals surface area contributed by atoms with Crippen LogP contribution in [0.1, 0.15) is 10.5 Å². The van der Waals surface area contributed by atoms with Gasteiger partial charge in [0, 0.05) is 19.2 Å². The molecule has 0 atom stereocenters. The number of rotatable bonds is 4. The van der Waals surface area contributed by atoms with Crippen molar-refractivity contribution in [1.82, 2.24) is 25.0 Å². The van der Waals surface area contributed by atoms with E-state index in [4.69, 9.17) is 4.74 Å². The Morgan fingerprint density at radius 2 is 1.92 bits per heavy atom. The Bertz CT molecular complexity index is 891. The van der Waals surface area contributed by atoms with Gasteiger partial charge in [-0.25, -0.2) is 9.97 Å². The van der Waals surface area contributed by atoms with Crippen LogP contribution < -0.4 is 10.2 Å². The lowest BCUT2D eigenvalue weighted by Crippen LogP contribution is -2.36. The first-order chi connectivity index (χ1) is 12.8. The Morgan fingerprint density at radius 1 is 1.12 bits per heavy atom. The highest BCUT2D eigenvalue weighted by molar-refractivity contribution is 6.02. The van der Waals surface area contributed by atoms with Crippen LogP contribution in [0.25, 0.3) is 5.69 Å². The summed E-state index contributed by atoms with van der Waals surface area (Å²) in [5.41, 5.74) is 0.989. The molecule has 0 aliphatic carbocycles. The second-order valence-electron chi connectivity index (χ2n) is 5.67. The number of aromatic nitrogens is 5. The number of hydrogen-bond acceptors (Lipinski definition) is 7. The van der Waals surface area contributed by atoms with E-state index in [0.29, 0.717) is 19.0 Å². The van der Waals surface area contributed by atoms with E-state index < -0.39 is 0 Å². The van der Waals surface area contributed by atoms with E-state index in [0.717, 1.165) is 24.6 Å². The number of ether oxygens (including phenoxy) is 1. The highest BCUT2D eigenvalue weighted by Gasteiger charge is 2.16. The van der Waals surface area contributed by atoms with Gasteiger partial charge in [-0.15, -0.1) is 5.10 Å². The lowest BCUT2D eigenvalue weighted by Gasteiger charge is -2.27. The van der Waals surface area contributed by atoms with Crippen LogP contribution in [0.3, 0.4) is 0 Å². The molecular weight excluding hydrogens is 334 g/mol. The van der Waals surface area contributed by atoms with Crippen LogP contribution in [0.4, 0.5) is 11.6 Å². The number of benzene rings is 1. The van der Waals surface area contributed by atoms with Crippen LogP contribution in [0.2, 0.25) is 0 Å². The van der Waals surface area contributed by atoms with Crippen LogP contribution in [0.5, 0.6) is 0 Å². The molecule has 1 aliphatic heterocycles. The number of anilines is 2. The molecule has 3 aromatic rings. The van der Waals surface area contributed by atoms with E-state index >= 15 is 0 Å². The average molecular weight is 351 g/mol. The van der Waals surface area contributed by atoms with Gasteiger partial charge in [0.1, 0.15) is 18.0 Å². The SMILES string of the molecule is O=C(Nc1cc(N2CCOCC2)ncn1)c1cnn(-c2ccccc2)n1. The summed E-state index contributed by atoms with van der Waals surface area (Å²) in [6.07, 6.45) is 2.85. The standard InChI is InChI=1S/C17H17N7O2/c25-17(14-11-20-24(22-14)13-4-2-1-3-5-13)21-15-10-16(19-12-18-15)23-6-8-26-9-7-23/h1-5,10-12H,6-9H2,(H,18,19,21,25). The minimum Gasteiger partial charge on any atom is -0.378 e. The molecule has 3 heterocycles. The lowest BCUT2D eigenvalue weighted by molar-refractivity contribution is 0.102. The summed E-state index contributed by atoms with van der Waals surface area (Å²) in [6, 6.07) is 11.1. The minimum atomic E-state index is -0.376. The third-order valence-electron chi connectivity index (χ3n) is 3.94. The van der Waals surface area contributed by atoms with Gasteiger partial charge in [-0.2, -0.15) is 9.90 Å². The number of hydrogen-bond donors (Lipinski definition) is 1. The van der Waals surface area contributed by atoms with E-state index in [1.807, 2.05) is 30.3 Å². The summed E-state index contributed by atoms with van der Waals surface area (Å²) in [4.78, 5) is 24.3. The maximum atomic E-state index is 12.4. The molecule has 4 rings (SSSR count). The molecule has 1 fully saturated rings. The fraction of sp³-hybridized carbons (Fsp3) is 0.235. The van der Waals surface area contributed by atoms with E-state index in [1.54, 1.807) is 6.07 Å². The van der Waals surface area contributed by atoms with Gasteiger partial charge < -0.3 is 15.0 Å². The summed E-state index contributed by atoms with van der Waals surface area (Å²) < 4.78 is 5.34. The molecule has 1 aromatic carbocycles. The molecule has 0 saturated carbocycles. The number of carbonyl (C=O) groups excluding carboxylic acids is 1. The molecule has 1 aliphatic rings. The molecule has 132 valence electrons. The first-order valence-electron chi connectivity index (χ1n) is 8.23. The van der Waals surface area contributed by atoms with Gasteiger partial charge in [0.25, 0.3) is 5.91 Å². The van der Waals surface area contributed by atoms with Gasteiger partial charge in [-0.1, -0.05) is 18.2 Å². The van der Waals surface area contributed by atoms with Gasteiger partial charge >= 0.3 is 0 Å². The van der Waals surface area contributed by atoms with Crippen molar-refractivity contribution in [3.05, 3.63) is 54.6 Å². The van der Waals surface area contributed by atoms with Gasteiger partial charge in [0.15, 0.2) is 5.69 Å². The number of para-hydroxylation sites is 1. The van der Waals surface area contributed by atoms with Crippen molar-refractivity contribution in [2.75, 3.05) is 36.5 Å². The van der Waals surface area contributed by atoms with Gasteiger partial charge in [-0.3, -0.25) is 4.79 Å². The molecule has 1 saturated heterocycles. The van der Waals surface area contributed by atoms with Crippen LogP contribution in [-0.4, -0.2) is 57.2 Å². The van der Waals surface area contributed by atoms with Crippen LogP contribution in [0, 0.1) is 0 Å². The Hall–Kier alpha value is -3.33. The molecule has 0 radical (unpaired) electrons.